The van der Waals surface area contributed by atoms with Crippen LogP contribution in [0.2, 0.25) is 0 Å². The fraction of sp³-hybridized carbons (Fsp3) is 0.480. The molecule has 0 aliphatic carbocycles. The number of hydrogen-bond acceptors (Lipinski definition) is 9. The molecule has 0 saturated carbocycles. The Morgan fingerprint density at radius 1 is 1.15 bits per heavy atom. The van der Waals surface area contributed by atoms with Gasteiger partial charge in [-0.25, -0.2) is 9.37 Å². The van der Waals surface area contributed by atoms with Crippen molar-refractivity contribution in [3.8, 4) is 5.75 Å². The van der Waals surface area contributed by atoms with E-state index in [0.717, 1.165) is 9.47 Å². The molecule has 3 rings (SSSR count). The summed E-state index contributed by atoms with van der Waals surface area (Å²) in [5.74, 6) is -3.89. The first-order valence-corrected chi connectivity index (χ1v) is 14.2. The van der Waals surface area contributed by atoms with Crippen LogP contribution in [-0.2, 0) is 37.5 Å². The number of hydrogen-bond donors (Lipinski definition) is 1. The zero-order valence-electron chi connectivity index (χ0n) is 22.8. The number of nitrogens with zero attached hydrogens (tertiary/aromatic N) is 4. The van der Waals surface area contributed by atoms with Gasteiger partial charge in [0.25, 0.3) is 11.5 Å². The summed E-state index contributed by atoms with van der Waals surface area (Å²) in [7, 11) is 0.0207. The lowest BCUT2D eigenvalue weighted by atomic mass is 10.1. The maximum Gasteiger partial charge on any atom is 0.312 e. The number of halogens is 1. The van der Waals surface area contributed by atoms with Gasteiger partial charge in [0.15, 0.2) is 5.69 Å². The molecule has 15 heteroatoms. The summed E-state index contributed by atoms with van der Waals surface area (Å²) in [5, 5.41) is 2.53. The van der Waals surface area contributed by atoms with Gasteiger partial charge in [0.2, 0.25) is 5.75 Å². The summed E-state index contributed by atoms with van der Waals surface area (Å²) in [6.07, 6.45) is 0.784. The lowest BCUT2D eigenvalue weighted by molar-refractivity contribution is -0.152. The number of rotatable bonds is 8. The fourth-order valence-corrected chi connectivity index (χ4v) is 4.76. The Bertz CT molecular complexity index is 1440. The van der Waals surface area contributed by atoms with E-state index in [9.17, 15) is 32.0 Å². The summed E-state index contributed by atoms with van der Waals surface area (Å²) in [5.41, 5.74) is -1.07. The molecule has 2 heterocycles. The van der Waals surface area contributed by atoms with E-state index in [-0.39, 0.29) is 31.9 Å². The van der Waals surface area contributed by atoms with Crippen molar-refractivity contribution in [1.29, 1.82) is 0 Å². The zero-order valence-corrected chi connectivity index (χ0v) is 23.7. The average Bonchev–Trinajstić information content (AvgIpc) is 3.08. The fourth-order valence-electron chi connectivity index (χ4n) is 4.31. The molecule has 0 unspecified atom stereocenters. The molecule has 2 atom stereocenters. The third kappa shape index (κ3) is 7.01. The molecule has 0 radical (unpaired) electrons. The predicted molar refractivity (Wildman–Crippen MR) is 140 cm³/mol. The van der Waals surface area contributed by atoms with Crippen molar-refractivity contribution >= 4 is 27.8 Å². The van der Waals surface area contributed by atoms with Gasteiger partial charge in [0.1, 0.15) is 11.6 Å². The number of amides is 3. The third-order valence-electron chi connectivity index (χ3n) is 6.32. The van der Waals surface area contributed by atoms with Crippen molar-refractivity contribution in [1.82, 2.24) is 24.7 Å². The Balaban J connectivity index is 2.18. The van der Waals surface area contributed by atoms with E-state index in [1.165, 1.54) is 50.4 Å². The summed E-state index contributed by atoms with van der Waals surface area (Å²) in [6, 6.07) is 4.36. The van der Waals surface area contributed by atoms with Crippen LogP contribution in [0.25, 0.3) is 0 Å². The summed E-state index contributed by atoms with van der Waals surface area (Å²) >= 11 is 0. The maximum absolute atomic E-state index is 13.7. The van der Waals surface area contributed by atoms with E-state index in [4.69, 9.17) is 8.92 Å². The molecule has 2 aromatic rings. The molecule has 3 amide bonds. The highest BCUT2D eigenvalue weighted by Gasteiger charge is 2.37. The van der Waals surface area contributed by atoms with E-state index >= 15 is 0 Å². The molecule has 0 spiro atoms. The Kier molecular flexibility index (Phi) is 9.63. The second-order valence-electron chi connectivity index (χ2n) is 9.40. The van der Waals surface area contributed by atoms with Crippen LogP contribution in [0, 0.1) is 5.82 Å². The molecule has 1 N–H and O–H groups in total. The highest BCUT2D eigenvalue weighted by Crippen LogP contribution is 2.31. The molecule has 1 aromatic carbocycles. The van der Waals surface area contributed by atoms with Gasteiger partial charge in [-0.2, -0.15) is 8.42 Å². The van der Waals surface area contributed by atoms with Crippen molar-refractivity contribution in [2.24, 2.45) is 0 Å². The van der Waals surface area contributed by atoms with Gasteiger partial charge in [0, 0.05) is 34.3 Å². The number of benzene rings is 1. The van der Waals surface area contributed by atoms with Crippen molar-refractivity contribution in [3.63, 3.8) is 0 Å². The normalized spacial score (nSPS) is 16.9. The van der Waals surface area contributed by atoms with Crippen molar-refractivity contribution in [2.45, 2.75) is 45.0 Å². The van der Waals surface area contributed by atoms with E-state index in [1.54, 1.807) is 6.92 Å². The molecule has 218 valence electrons. The second-order valence-corrected chi connectivity index (χ2v) is 11.0. The summed E-state index contributed by atoms with van der Waals surface area (Å²) < 4.78 is 48.9. The minimum atomic E-state index is -4.27. The van der Waals surface area contributed by atoms with Gasteiger partial charge < -0.3 is 24.0 Å². The Hall–Kier alpha value is -3.85. The van der Waals surface area contributed by atoms with Crippen LogP contribution >= 0.6 is 0 Å². The predicted octanol–water partition coefficient (Wildman–Crippen LogP) is 0.437. The van der Waals surface area contributed by atoms with Crippen LogP contribution in [0.5, 0.6) is 5.75 Å². The van der Waals surface area contributed by atoms with Crippen LogP contribution < -0.4 is 15.1 Å². The Labute approximate surface area is 231 Å². The molecular weight excluding hydrogens is 549 g/mol. The summed E-state index contributed by atoms with van der Waals surface area (Å²) in [4.78, 5) is 59.4. The zero-order chi connectivity index (χ0) is 29.8. The average molecular weight is 582 g/mol. The molecule has 0 bridgehead atoms. The number of nitrogens with one attached hydrogen (secondary N) is 1. The molecule has 1 aromatic heterocycles. The lowest BCUT2D eigenvalue weighted by Crippen LogP contribution is -2.45. The third-order valence-corrected chi connectivity index (χ3v) is 6.79. The largest absolute Gasteiger partial charge is 0.380 e. The molecule has 40 heavy (non-hydrogen) atoms. The number of likely N-dealkylation sites (N-methyl/N-ethyl adjacent to an activating group) is 2. The maximum atomic E-state index is 13.7. The molecular formula is C25H32FN5O8S. The SMILES string of the molecule is CCN(C(=O)C(=O)N(C)C)[C@@H]1CC[C@H](OC)Cn2c1nc(C(=O)NCc1ccc(F)cc1)c(OS(C)(=O)=O)c2=O. The van der Waals surface area contributed by atoms with Gasteiger partial charge in [-0.05, 0) is 37.5 Å². The van der Waals surface area contributed by atoms with Crippen molar-refractivity contribution in [3.05, 3.63) is 57.5 Å². The minimum Gasteiger partial charge on any atom is -0.380 e. The van der Waals surface area contributed by atoms with E-state index in [1.807, 2.05) is 0 Å². The molecule has 1 aliphatic heterocycles. The Morgan fingerprint density at radius 3 is 2.35 bits per heavy atom. The smallest absolute Gasteiger partial charge is 0.312 e. The first-order chi connectivity index (χ1) is 18.8. The number of ether oxygens (including phenoxy) is 1. The standard InChI is InChI=1S/C25H32FN5O8S/c1-6-30(25(35)24(34)29(2)3)18-12-11-17(38-4)14-31-21(18)28-19(20(23(31)33)39-40(5,36)37)22(32)27-13-15-7-9-16(26)10-8-15/h7-10,17-18H,6,11-14H2,1-5H3,(H,27,32)/t17-,18+/m0/s1. The monoisotopic (exact) mass is 581 g/mol. The lowest BCUT2D eigenvalue weighted by Gasteiger charge is -2.31. The van der Waals surface area contributed by atoms with Gasteiger partial charge >= 0.3 is 21.9 Å². The Morgan fingerprint density at radius 2 is 1.80 bits per heavy atom. The molecule has 1 aliphatic rings. The second kappa shape index (κ2) is 12.6. The first-order valence-electron chi connectivity index (χ1n) is 12.4. The molecule has 13 nitrogen and oxygen atoms in total. The molecule has 0 saturated heterocycles. The van der Waals surface area contributed by atoms with Crippen molar-refractivity contribution < 1.29 is 36.1 Å². The number of carbonyl (C=O) groups is 3. The number of carbonyl (C=O) groups excluding carboxylic acids is 3. The van der Waals surface area contributed by atoms with Crippen LogP contribution in [-0.4, -0.2) is 85.6 Å². The van der Waals surface area contributed by atoms with E-state index in [0.29, 0.717) is 18.2 Å². The number of fused-ring (bicyclic) bond motifs is 1. The highest BCUT2D eigenvalue weighted by molar-refractivity contribution is 7.86. The van der Waals surface area contributed by atoms with Gasteiger partial charge in [-0.3, -0.25) is 23.7 Å². The van der Waals surface area contributed by atoms with E-state index < -0.39 is 62.8 Å². The van der Waals surface area contributed by atoms with Gasteiger partial charge in [-0.15, -0.1) is 0 Å². The number of methoxy groups -OCH3 is 1. The van der Waals surface area contributed by atoms with Gasteiger partial charge in [0.05, 0.1) is 24.9 Å². The van der Waals surface area contributed by atoms with Crippen LogP contribution in [0.4, 0.5) is 4.39 Å². The van der Waals surface area contributed by atoms with Crippen LogP contribution in [0.1, 0.15) is 47.7 Å². The van der Waals surface area contributed by atoms with Gasteiger partial charge in [-0.1, -0.05) is 12.1 Å². The summed E-state index contributed by atoms with van der Waals surface area (Å²) in [6.45, 7) is 1.56. The quantitative estimate of drug-likeness (QED) is 0.345. The minimum absolute atomic E-state index is 0.0286. The topological polar surface area (TPSA) is 157 Å². The van der Waals surface area contributed by atoms with E-state index in [2.05, 4.69) is 10.3 Å². The molecule has 0 fully saturated rings. The first kappa shape index (κ1) is 30.7. The van der Waals surface area contributed by atoms with Crippen LogP contribution in [0.15, 0.2) is 29.1 Å². The van der Waals surface area contributed by atoms with Crippen molar-refractivity contribution in [2.75, 3.05) is 34.0 Å². The highest BCUT2D eigenvalue weighted by atomic mass is 32.2. The number of aromatic nitrogens is 2. The van der Waals surface area contributed by atoms with Crippen LogP contribution in [0.3, 0.4) is 0 Å².